The van der Waals surface area contributed by atoms with E-state index in [1.54, 1.807) is 0 Å². The minimum atomic E-state index is 0. The second-order valence-electron chi connectivity index (χ2n) is 6.27. The summed E-state index contributed by atoms with van der Waals surface area (Å²) in [6, 6.07) is 0. The van der Waals surface area contributed by atoms with Crippen molar-refractivity contribution >= 4 is 29.9 Å². The van der Waals surface area contributed by atoms with Crippen molar-refractivity contribution in [3.05, 3.63) is 0 Å². The van der Waals surface area contributed by atoms with Gasteiger partial charge >= 0.3 is 0 Å². The second-order valence-corrected chi connectivity index (χ2v) is 6.27. The van der Waals surface area contributed by atoms with Crippen LogP contribution in [0.15, 0.2) is 4.99 Å². The molecular formula is C17H34IN3O3. The van der Waals surface area contributed by atoms with Crippen LogP contribution in [0.5, 0.6) is 0 Å². The van der Waals surface area contributed by atoms with Gasteiger partial charge in [0.05, 0.1) is 19.3 Å². The van der Waals surface area contributed by atoms with Gasteiger partial charge in [-0.1, -0.05) is 0 Å². The molecule has 2 aliphatic heterocycles. The molecule has 2 saturated heterocycles. The highest BCUT2D eigenvalue weighted by Gasteiger charge is 2.15. The largest absolute Gasteiger partial charge is 0.381 e. The molecule has 2 heterocycles. The molecule has 2 rings (SSSR count). The van der Waals surface area contributed by atoms with Gasteiger partial charge < -0.3 is 24.8 Å². The number of nitrogens with zero attached hydrogens (tertiary/aromatic N) is 1. The van der Waals surface area contributed by atoms with Gasteiger partial charge in [-0.2, -0.15) is 0 Å². The molecule has 2 aliphatic rings. The Kier molecular flexibility index (Phi) is 12.9. The average Bonchev–Trinajstić information content (AvgIpc) is 3.24. The zero-order chi connectivity index (χ0) is 16.2. The molecule has 2 unspecified atom stereocenters. The predicted molar refractivity (Wildman–Crippen MR) is 107 cm³/mol. The van der Waals surface area contributed by atoms with Gasteiger partial charge in [0, 0.05) is 45.4 Å². The topological polar surface area (TPSA) is 64.1 Å². The third-order valence-corrected chi connectivity index (χ3v) is 4.22. The van der Waals surface area contributed by atoms with Gasteiger partial charge in [-0.3, -0.25) is 4.99 Å². The molecule has 0 aromatic carbocycles. The van der Waals surface area contributed by atoms with E-state index in [0.717, 1.165) is 77.9 Å². The molecular weight excluding hydrogens is 421 g/mol. The van der Waals surface area contributed by atoms with Crippen LogP contribution in [0, 0.1) is 5.92 Å². The first-order chi connectivity index (χ1) is 11.4. The van der Waals surface area contributed by atoms with Gasteiger partial charge in [0.15, 0.2) is 5.96 Å². The van der Waals surface area contributed by atoms with Crippen LogP contribution in [0.25, 0.3) is 0 Å². The van der Waals surface area contributed by atoms with Crippen LogP contribution in [0.1, 0.15) is 39.0 Å². The molecule has 0 bridgehead atoms. The van der Waals surface area contributed by atoms with Crippen LogP contribution >= 0.6 is 24.0 Å². The van der Waals surface area contributed by atoms with Crippen molar-refractivity contribution in [2.45, 2.75) is 45.1 Å². The molecule has 0 aliphatic carbocycles. The predicted octanol–water partition coefficient (Wildman–Crippen LogP) is 2.17. The highest BCUT2D eigenvalue weighted by molar-refractivity contribution is 14.0. The summed E-state index contributed by atoms with van der Waals surface area (Å²) in [6.45, 7) is 8.93. The highest BCUT2D eigenvalue weighted by Crippen LogP contribution is 2.14. The smallest absolute Gasteiger partial charge is 0.191 e. The maximum Gasteiger partial charge on any atom is 0.191 e. The van der Waals surface area contributed by atoms with E-state index in [1.807, 2.05) is 0 Å². The number of ether oxygens (including phenoxy) is 3. The minimum Gasteiger partial charge on any atom is -0.381 e. The number of halogens is 1. The Morgan fingerprint density at radius 1 is 1.25 bits per heavy atom. The van der Waals surface area contributed by atoms with Crippen molar-refractivity contribution in [2.24, 2.45) is 10.9 Å². The molecule has 2 fully saturated rings. The van der Waals surface area contributed by atoms with Gasteiger partial charge in [0.1, 0.15) is 0 Å². The van der Waals surface area contributed by atoms with E-state index in [1.165, 1.54) is 12.8 Å². The average molecular weight is 455 g/mol. The van der Waals surface area contributed by atoms with Crippen molar-refractivity contribution < 1.29 is 14.2 Å². The SMILES string of the molecule is CCNC(=NCCCOCC1CCOC1)NCCC1CCCO1.I. The molecule has 2 N–H and O–H groups in total. The Balaban J connectivity index is 0.00000288. The molecule has 24 heavy (non-hydrogen) atoms. The fourth-order valence-electron chi connectivity index (χ4n) is 2.89. The van der Waals surface area contributed by atoms with E-state index >= 15 is 0 Å². The first kappa shape index (κ1) is 21.9. The second kappa shape index (κ2) is 14.1. The number of guanidine groups is 1. The molecule has 2 atom stereocenters. The Labute approximate surface area is 163 Å². The summed E-state index contributed by atoms with van der Waals surface area (Å²) >= 11 is 0. The summed E-state index contributed by atoms with van der Waals surface area (Å²) in [5.41, 5.74) is 0. The summed E-state index contributed by atoms with van der Waals surface area (Å²) in [4.78, 5) is 4.60. The van der Waals surface area contributed by atoms with Crippen LogP contribution in [-0.4, -0.2) is 64.7 Å². The van der Waals surface area contributed by atoms with E-state index in [4.69, 9.17) is 14.2 Å². The van der Waals surface area contributed by atoms with Gasteiger partial charge in [-0.05, 0) is 39.0 Å². The first-order valence-corrected chi connectivity index (χ1v) is 9.17. The summed E-state index contributed by atoms with van der Waals surface area (Å²) in [7, 11) is 0. The van der Waals surface area contributed by atoms with Crippen LogP contribution in [0.4, 0.5) is 0 Å². The molecule has 7 heteroatoms. The number of hydrogen-bond donors (Lipinski definition) is 2. The van der Waals surface area contributed by atoms with E-state index in [0.29, 0.717) is 12.0 Å². The number of rotatable bonds is 10. The maximum absolute atomic E-state index is 5.70. The zero-order valence-corrected chi connectivity index (χ0v) is 17.3. The standard InChI is InChI=1S/C17H33N3O3.HI/c1-2-18-17(20-9-6-16-5-3-11-23-16)19-8-4-10-21-13-15-7-12-22-14-15;/h15-16H,2-14H2,1H3,(H2,18,19,20);1H. The number of aliphatic imine (C=N–C) groups is 1. The molecule has 0 aromatic heterocycles. The number of nitrogens with one attached hydrogen (secondary N) is 2. The molecule has 0 spiro atoms. The quantitative estimate of drug-likeness (QED) is 0.229. The molecule has 0 amide bonds. The molecule has 142 valence electrons. The fraction of sp³-hybridized carbons (Fsp3) is 0.941. The summed E-state index contributed by atoms with van der Waals surface area (Å²) < 4.78 is 16.7. The van der Waals surface area contributed by atoms with Crippen molar-refractivity contribution in [1.82, 2.24) is 10.6 Å². The fourth-order valence-corrected chi connectivity index (χ4v) is 2.89. The first-order valence-electron chi connectivity index (χ1n) is 9.17. The van der Waals surface area contributed by atoms with Crippen LogP contribution < -0.4 is 10.6 Å². The van der Waals surface area contributed by atoms with Crippen molar-refractivity contribution in [2.75, 3.05) is 52.7 Å². The lowest BCUT2D eigenvalue weighted by Crippen LogP contribution is -2.38. The highest BCUT2D eigenvalue weighted by atomic mass is 127. The lowest BCUT2D eigenvalue weighted by Gasteiger charge is -2.13. The number of hydrogen-bond acceptors (Lipinski definition) is 4. The Morgan fingerprint density at radius 2 is 2.17 bits per heavy atom. The van der Waals surface area contributed by atoms with Crippen LogP contribution in [0.2, 0.25) is 0 Å². The van der Waals surface area contributed by atoms with E-state index < -0.39 is 0 Å². The van der Waals surface area contributed by atoms with Gasteiger partial charge in [0.2, 0.25) is 0 Å². The minimum absolute atomic E-state index is 0. The third-order valence-electron chi connectivity index (χ3n) is 4.22. The molecule has 0 radical (unpaired) electrons. The zero-order valence-electron chi connectivity index (χ0n) is 14.9. The van der Waals surface area contributed by atoms with Gasteiger partial charge in [-0.25, -0.2) is 0 Å². The van der Waals surface area contributed by atoms with Crippen molar-refractivity contribution in [3.63, 3.8) is 0 Å². The van der Waals surface area contributed by atoms with Crippen LogP contribution in [-0.2, 0) is 14.2 Å². The van der Waals surface area contributed by atoms with Crippen molar-refractivity contribution in [3.8, 4) is 0 Å². The van der Waals surface area contributed by atoms with Crippen LogP contribution in [0.3, 0.4) is 0 Å². The Hall–Kier alpha value is -0.120. The lowest BCUT2D eigenvalue weighted by atomic mass is 10.1. The Bertz CT molecular complexity index is 333. The monoisotopic (exact) mass is 455 g/mol. The third kappa shape index (κ3) is 9.39. The van der Waals surface area contributed by atoms with Gasteiger partial charge in [0.25, 0.3) is 0 Å². The normalized spacial score (nSPS) is 24.0. The summed E-state index contributed by atoms with van der Waals surface area (Å²) in [6.07, 6.45) is 5.97. The maximum atomic E-state index is 5.70. The van der Waals surface area contributed by atoms with E-state index in [2.05, 4.69) is 22.5 Å². The molecule has 0 aromatic rings. The molecule has 0 saturated carbocycles. The van der Waals surface area contributed by atoms with Crippen molar-refractivity contribution in [1.29, 1.82) is 0 Å². The van der Waals surface area contributed by atoms with Gasteiger partial charge in [-0.15, -0.1) is 24.0 Å². The summed E-state index contributed by atoms with van der Waals surface area (Å²) in [5.74, 6) is 1.49. The summed E-state index contributed by atoms with van der Waals surface area (Å²) in [5, 5.41) is 6.67. The van der Waals surface area contributed by atoms with E-state index in [-0.39, 0.29) is 24.0 Å². The molecule has 6 nitrogen and oxygen atoms in total. The van der Waals surface area contributed by atoms with E-state index in [9.17, 15) is 0 Å². The lowest BCUT2D eigenvalue weighted by molar-refractivity contribution is 0.0893. The Morgan fingerprint density at radius 3 is 2.88 bits per heavy atom.